The van der Waals surface area contributed by atoms with Gasteiger partial charge >= 0.3 is 0 Å². The van der Waals surface area contributed by atoms with Crippen LogP contribution in [0.5, 0.6) is 0 Å². The van der Waals surface area contributed by atoms with Gasteiger partial charge in [-0.05, 0) is 45.7 Å². The van der Waals surface area contributed by atoms with Crippen molar-refractivity contribution in [2.24, 2.45) is 0 Å². The fourth-order valence-corrected chi connectivity index (χ4v) is 1.90. The Morgan fingerprint density at radius 1 is 1.29 bits per heavy atom. The SMILES string of the molecule is CC(Cc1ccccc1Cl)NC(C)C(C)(C)O. The lowest BCUT2D eigenvalue weighted by Crippen LogP contribution is -2.48. The smallest absolute Gasteiger partial charge is 0.0741 e. The zero-order valence-electron chi connectivity index (χ0n) is 11.0. The summed E-state index contributed by atoms with van der Waals surface area (Å²) < 4.78 is 0. The van der Waals surface area contributed by atoms with Crippen LogP contribution in [0.2, 0.25) is 5.02 Å². The number of halogens is 1. The van der Waals surface area contributed by atoms with Gasteiger partial charge in [-0.1, -0.05) is 29.8 Å². The Hall–Kier alpha value is -0.570. The number of hydrogen-bond donors (Lipinski definition) is 2. The van der Waals surface area contributed by atoms with Crippen LogP contribution < -0.4 is 5.32 Å². The average Bonchev–Trinajstić information content (AvgIpc) is 2.20. The monoisotopic (exact) mass is 255 g/mol. The van der Waals surface area contributed by atoms with Crippen molar-refractivity contribution in [3.8, 4) is 0 Å². The molecule has 2 nitrogen and oxygen atoms in total. The van der Waals surface area contributed by atoms with Gasteiger partial charge in [-0.15, -0.1) is 0 Å². The molecule has 2 atom stereocenters. The van der Waals surface area contributed by atoms with E-state index in [1.54, 1.807) is 0 Å². The highest BCUT2D eigenvalue weighted by Gasteiger charge is 2.23. The number of rotatable bonds is 5. The molecule has 2 N–H and O–H groups in total. The van der Waals surface area contributed by atoms with Gasteiger partial charge in [0, 0.05) is 17.1 Å². The Morgan fingerprint density at radius 3 is 2.41 bits per heavy atom. The van der Waals surface area contributed by atoms with E-state index in [4.69, 9.17) is 11.6 Å². The minimum atomic E-state index is -0.714. The molecule has 0 heterocycles. The quantitative estimate of drug-likeness (QED) is 0.848. The van der Waals surface area contributed by atoms with Crippen molar-refractivity contribution in [2.45, 2.75) is 51.8 Å². The van der Waals surface area contributed by atoms with Crippen molar-refractivity contribution in [2.75, 3.05) is 0 Å². The van der Waals surface area contributed by atoms with E-state index in [-0.39, 0.29) is 12.1 Å². The van der Waals surface area contributed by atoms with Crippen molar-refractivity contribution in [3.05, 3.63) is 34.9 Å². The summed E-state index contributed by atoms with van der Waals surface area (Å²) in [5.41, 5.74) is 0.423. The van der Waals surface area contributed by atoms with Crippen LogP contribution in [0.15, 0.2) is 24.3 Å². The average molecular weight is 256 g/mol. The molecule has 0 fully saturated rings. The Bertz CT molecular complexity index is 359. The molecule has 0 spiro atoms. The predicted molar refractivity (Wildman–Crippen MR) is 73.5 cm³/mol. The van der Waals surface area contributed by atoms with Crippen LogP contribution in [0, 0.1) is 0 Å². The van der Waals surface area contributed by atoms with E-state index in [9.17, 15) is 5.11 Å². The van der Waals surface area contributed by atoms with Crippen molar-refractivity contribution in [1.29, 1.82) is 0 Å². The second-order valence-corrected chi connectivity index (χ2v) is 5.65. The van der Waals surface area contributed by atoms with E-state index in [0.717, 1.165) is 17.0 Å². The molecule has 96 valence electrons. The van der Waals surface area contributed by atoms with Gasteiger partial charge in [0.1, 0.15) is 0 Å². The molecule has 3 heteroatoms. The second-order valence-electron chi connectivity index (χ2n) is 5.24. The summed E-state index contributed by atoms with van der Waals surface area (Å²) in [6, 6.07) is 8.19. The first-order chi connectivity index (χ1) is 7.80. The highest BCUT2D eigenvalue weighted by molar-refractivity contribution is 6.31. The van der Waals surface area contributed by atoms with Crippen molar-refractivity contribution in [3.63, 3.8) is 0 Å². The Balaban J connectivity index is 2.56. The molecule has 0 aliphatic rings. The van der Waals surface area contributed by atoms with Gasteiger partial charge < -0.3 is 10.4 Å². The fraction of sp³-hybridized carbons (Fsp3) is 0.571. The van der Waals surface area contributed by atoms with Crippen LogP contribution in [0.4, 0.5) is 0 Å². The third kappa shape index (κ3) is 4.66. The lowest BCUT2D eigenvalue weighted by atomic mass is 9.98. The van der Waals surface area contributed by atoms with Gasteiger partial charge in [0.05, 0.1) is 5.60 Å². The number of hydrogen-bond acceptors (Lipinski definition) is 2. The maximum absolute atomic E-state index is 9.87. The molecule has 1 rings (SSSR count). The van der Waals surface area contributed by atoms with Gasteiger partial charge in [0.2, 0.25) is 0 Å². The van der Waals surface area contributed by atoms with E-state index in [2.05, 4.69) is 12.2 Å². The van der Waals surface area contributed by atoms with E-state index in [0.29, 0.717) is 0 Å². The van der Waals surface area contributed by atoms with Crippen LogP contribution in [-0.4, -0.2) is 22.8 Å². The molecule has 0 amide bonds. The molecule has 17 heavy (non-hydrogen) atoms. The molecule has 0 saturated heterocycles. The zero-order valence-corrected chi connectivity index (χ0v) is 11.8. The molecule has 0 radical (unpaired) electrons. The van der Waals surface area contributed by atoms with E-state index in [1.807, 2.05) is 45.0 Å². The summed E-state index contributed by atoms with van der Waals surface area (Å²) in [5.74, 6) is 0. The second kappa shape index (κ2) is 5.85. The van der Waals surface area contributed by atoms with Crippen LogP contribution in [0.25, 0.3) is 0 Å². The van der Waals surface area contributed by atoms with Gasteiger partial charge in [-0.2, -0.15) is 0 Å². The van der Waals surface area contributed by atoms with Gasteiger partial charge in [-0.3, -0.25) is 0 Å². The first-order valence-electron chi connectivity index (χ1n) is 6.02. The van der Waals surface area contributed by atoms with Crippen molar-refractivity contribution < 1.29 is 5.11 Å². The van der Waals surface area contributed by atoms with Gasteiger partial charge in [0.25, 0.3) is 0 Å². The van der Waals surface area contributed by atoms with Gasteiger partial charge in [0.15, 0.2) is 0 Å². The van der Waals surface area contributed by atoms with E-state index < -0.39 is 5.60 Å². The van der Waals surface area contributed by atoms with Crippen LogP contribution in [-0.2, 0) is 6.42 Å². The Labute approximate surface area is 109 Å². The molecule has 0 aromatic heterocycles. The molecule has 0 aliphatic carbocycles. The lowest BCUT2D eigenvalue weighted by Gasteiger charge is -2.30. The van der Waals surface area contributed by atoms with Crippen LogP contribution in [0.1, 0.15) is 33.3 Å². The molecule has 1 aromatic carbocycles. The standard InChI is InChI=1S/C14H22ClNO/c1-10(16-11(2)14(3,4)17)9-12-7-5-6-8-13(12)15/h5-8,10-11,16-17H,9H2,1-4H3. The number of benzene rings is 1. The maximum atomic E-state index is 9.87. The molecular weight excluding hydrogens is 234 g/mol. The largest absolute Gasteiger partial charge is 0.389 e. The first kappa shape index (κ1) is 14.5. The van der Waals surface area contributed by atoms with Gasteiger partial charge in [-0.25, -0.2) is 0 Å². The summed E-state index contributed by atoms with van der Waals surface area (Å²) >= 11 is 6.12. The predicted octanol–water partition coefficient (Wildman–Crippen LogP) is 3.02. The lowest BCUT2D eigenvalue weighted by molar-refractivity contribution is 0.0406. The summed E-state index contributed by atoms with van der Waals surface area (Å²) in [6.07, 6.45) is 0.861. The minimum absolute atomic E-state index is 0.0417. The molecule has 2 unspecified atom stereocenters. The topological polar surface area (TPSA) is 32.3 Å². The first-order valence-corrected chi connectivity index (χ1v) is 6.40. The van der Waals surface area contributed by atoms with Crippen LogP contribution >= 0.6 is 11.6 Å². The normalized spacial score (nSPS) is 15.6. The summed E-state index contributed by atoms with van der Waals surface area (Å²) in [5, 5.41) is 14.1. The molecule has 0 saturated carbocycles. The number of aliphatic hydroxyl groups is 1. The molecule has 0 bridgehead atoms. The molecule has 0 aliphatic heterocycles. The maximum Gasteiger partial charge on any atom is 0.0741 e. The molecular formula is C14H22ClNO. The van der Waals surface area contributed by atoms with Crippen LogP contribution in [0.3, 0.4) is 0 Å². The minimum Gasteiger partial charge on any atom is -0.389 e. The highest BCUT2D eigenvalue weighted by atomic mass is 35.5. The summed E-state index contributed by atoms with van der Waals surface area (Å²) in [6.45, 7) is 7.72. The summed E-state index contributed by atoms with van der Waals surface area (Å²) in [4.78, 5) is 0. The highest BCUT2D eigenvalue weighted by Crippen LogP contribution is 2.17. The third-order valence-corrected chi connectivity index (χ3v) is 3.45. The van der Waals surface area contributed by atoms with E-state index in [1.165, 1.54) is 0 Å². The summed E-state index contributed by atoms with van der Waals surface area (Å²) in [7, 11) is 0. The third-order valence-electron chi connectivity index (χ3n) is 3.08. The van der Waals surface area contributed by atoms with E-state index >= 15 is 0 Å². The fourth-order valence-electron chi connectivity index (χ4n) is 1.68. The Kier molecular flexibility index (Phi) is 4.99. The zero-order chi connectivity index (χ0) is 13.1. The van der Waals surface area contributed by atoms with Crippen molar-refractivity contribution in [1.82, 2.24) is 5.32 Å². The number of nitrogens with one attached hydrogen (secondary N) is 1. The van der Waals surface area contributed by atoms with Crippen molar-refractivity contribution >= 4 is 11.6 Å². The molecule has 1 aromatic rings. The Morgan fingerprint density at radius 2 is 1.88 bits per heavy atom.